The molecule has 0 aliphatic carbocycles. The summed E-state index contributed by atoms with van der Waals surface area (Å²) in [6.07, 6.45) is 0. The quantitative estimate of drug-likeness (QED) is 0.673. The summed E-state index contributed by atoms with van der Waals surface area (Å²) in [4.78, 5) is 32.4. The lowest BCUT2D eigenvalue weighted by Crippen LogP contribution is -2.46. The number of rotatable bonds is 4. The number of carbonyl (C=O) groups is 2. The normalized spacial score (nSPS) is 17.9. The largest absolute Gasteiger partial charge is 0.495 e. The zero-order valence-corrected chi connectivity index (χ0v) is 18.2. The van der Waals surface area contributed by atoms with Crippen molar-refractivity contribution in [1.82, 2.24) is 9.80 Å². The number of halogens is 2. The highest BCUT2D eigenvalue weighted by atomic mass is 35.5. The third kappa shape index (κ3) is 3.67. The number of anilines is 1. The topological polar surface area (TPSA) is 53.1 Å². The minimum Gasteiger partial charge on any atom is -0.495 e. The van der Waals surface area contributed by atoms with Crippen molar-refractivity contribution in [2.24, 2.45) is 0 Å². The summed E-state index contributed by atoms with van der Waals surface area (Å²) in [5, 5.41) is 0.896. The van der Waals surface area contributed by atoms with E-state index in [1.807, 2.05) is 11.9 Å². The summed E-state index contributed by atoms with van der Waals surface area (Å²) >= 11 is 12.3. The maximum atomic E-state index is 13.5. The third-order valence-electron chi connectivity index (χ3n) is 5.41. The maximum absolute atomic E-state index is 13.5. The van der Waals surface area contributed by atoms with Crippen LogP contribution in [0.4, 0.5) is 5.69 Å². The van der Waals surface area contributed by atoms with E-state index in [1.54, 1.807) is 42.5 Å². The Labute approximate surface area is 185 Å². The molecule has 30 heavy (non-hydrogen) atoms. The molecule has 0 saturated carbocycles. The number of hydrogen-bond donors (Lipinski definition) is 0. The summed E-state index contributed by atoms with van der Waals surface area (Å²) in [7, 11) is 3.55. The van der Waals surface area contributed by atoms with Crippen LogP contribution in [0.3, 0.4) is 0 Å². The van der Waals surface area contributed by atoms with E-state index in [2.05, 4.69) is 4.90 Å². The number of nitrogens with zero attached hydrogens (tertiary/aromatic N) is 3. The van der Waals surface area contributed by atoms with Gasteiger partial charge in [-0.05, 0) is 42.9 Å². The van der Waals surface area contributed by atoms with Crippen LogP contribution in [0.2, 0.25) is 10.0 Å². The summed E-state index contributed by atoms with van der Waals surface area (Å²) < 4.78 is 5.19. The zero-order valence-electron chi connectivity index (χ0n) is 16.7. The zero-order chi connectivity index (χ0) is 21.4. The molecule has 0 radical (unpaired) electrons. The highest BCUT2D eigenvalue weighted by Gasteiger charge is 2.43. The molecule has 2 aromatic rings. The van der Waals surface area contributed by atoms with Crippen LogP contribution < -0.4 is 9.64 Å². The second-order valence-corrected chi connectivity index (χ2v) is 8.13. The number of benzene rings is 2. The first-order chi connectivity index (χ1) is 14.4. The van der Waals surface area contributed by atoms with Gasteiger partial charge in [-0.3, -0.25) is 9.59 Å². The summed E-state index contributed by atoms with van der Waals surface area (Å²) in [6.45, 7) is 2.96. The SMILES string of the molecule is COc1ccc(N2C(=O)C(c3ccc(Cl)cc3)=C(N3CCN(C)CC3)C2=O)cc1Cl. The van der Waals surface area contributed by atoms with Crippen molar-refractivity contribution in [3.8, 4) is 5.75 Å². The van der Waals surface area contributed by atoms with Gasteiger partial charge >= 0.3 is 0 Å². The fourth-order valence-corrected chi connectivity index (χ4v) is 4.13. The van der Waals surface area contributed by atoms with Crippen molar-refractivity contribution in [2.75, 3.05) is 45.2 Å². The molecule has 0 aromatic heterocycles. The predicted molar refractivity (Wildman–Crippen MR) is 118 cm³/mol. The first-order valence-corrected chi connectivity index (χ1v) is 10.3. The number of piperazine rings is 1. The van der Waals surface area contributed by atoms with Gasteiger partial charge in [-0.1, -0.05) is 35.3 Å². The van der Waals surface area contributed by atoms with E-state index in [4.69, 9.17) is 27.9 Å². The van der Waals surface area contributed by atoms with Crippen LogP contribution in [-0.2, 0) is 9.59 Å². The minimum atomic E-state index is -0.377. The molecular formula is C22H21Cl2N3O3. The van der Waals surface area contributed by atoms with Crippen LogP contribution in [0.5, 0.6) is 5.75 Å². The average molecular weight is 446 g/mol. The summed E-state index contributed by atoms with van der Waals surface area (Å²) in [5.74, 6) is -0.252. The van der Waals surface area contributed by atoms with Crippen molar-refractivity contribution < 1.29 is 14.3 Å². The molecule has 0 atom stereocenters. The van der Waals surface area contributed by atoms with Gasteiger partial charge in [-0.25, -0.2) is 4.90 Å². The monoisotopic (exact) mass is 445 g/mol. The molecule has 6 nitrogen and oxygen atoms in total. The molecule has 8 heteroatoms. The minimum absolute atomic E-state index is 0.330. The number of likely N-dealkylation sites (N-methyl/N-ethyl adjacent to an activating group) is 1. The lowest BCUT2D eigenvalue weighted by atomic mass is 10.0. The van der Waals surface area contributed by atoms with Crippen molar-refractivity contribution >= 4 is 46.3 Å². The van der Waals surface area contributed by atoms with Gasteiger partial charge in [0.1, 0.15) is 11.4 Å². The van der Waals surface area contributed by atoms with Gasteiger partial charge in [0.25, 0.3) is 11.8 Å². The van der Waals surface area contributed by atoms with Gasteiger partial charge in [0, 0.05) is 31.2 Å². The third-order valence-corrected chi connectivity index (χ3v) is 5.95. The number of amides is 2. The highest BCUT2D eigenvalue weighted by molar-refractivity contribution is 6.45. The first-order valence-electron chi connectivity index (χ1n) is 9.56. The molecule has 0 unspecified atom stereocenters. The molecule has 2 amide bonds. The van der Waals surface area contributed by atoms with E-state index in [9.17, 15) is 9.59 Å². The highest BCUT2D eigenvalue weighted by Crippen LogP contribution is 2.37. The summed E-state index contributed by atoms with van der Waals surface area (Å²) in [6, 6.07) is 11.8. The van der Waals surface area contributed by atoms with Crippen molar-refractivity contribution in [1.29, 1.82) is 0 Å². The van der Waals surface area contributed by atoms with Gasteiger partial charge in [0.2, 0.25) is 0 Å². The fraction of sp³-hybridized carbons (Fsp3) is 0.273. The Balaban J connectivity index is 1.79. The van der Waals surface area contributed by atoms with Crippen LogP contribution in [0.1, 0.15) is 5.56 Å². The smallest absolute Gasteiger partial charge is 0.282 e. The van der Waals surface area contributed by atoms with Gasteiger partial charge in [-0.15, -0.1) is 0 Å². The molecule has 1 saturated heterocycles. The van der Waals surface area contributed by atoms with Crippen LogP contribution in [0.25, 0.3) is 5.57 Å². The Kier molecular flexibility index (Phi) is 5.73. The molecule has 0 bridgehead atoms. The van der Waals surface area contributed by atoms with E-state index in [0.29, 0.717) is 51.4 Å². The second kappa shape index (κ2) is 8.30. The molecule has 2 aliphatic rings. The number of ether oxygens (including phenoxy) is 1. The predicted octanol–water partition coefficient (Wildman–Crippen LogP) is 3.53. The Morgan fingerprint density at radius 2 is 1.57 bits per heavy atom. The Morgan fingerprint density at radius 1 is 0.900 bits per heavy atom. The van der Waals surface area contributed by atoms with Crippen LogP contribution in [0, 0.1) is 0 Å². The van der Waals surface area contributed by atoms with E-state index >= 15 is 0 Å². The lowest BCUT2D eigenvalue weighted by Gasteiger charge is -2.34. The van der Waals surface area contributed by atoms with E-state index in [1.165, 1.54) is 12.0 Å². The number of methoxy groups -OCH3 is 1. The second-order valence-electron chi connectivity index (χ2n) is 7.29. The number of hydrogen-bond acceptors (Lipinski definition) is 5. The molecular weight excluding hydrogens is 425 g/mol. The van der Waals surface area contributed by atoms with Gasteiger partial charge < -0.3 is 14.5 Å². The van der Waals surface area contributed by atoms with Gasteiger partial charge in [0.05, 0.1) is 23.4 Å². The van der Waals surface area contributed by atoms with Crippen LogP contribution >= 0.6 is 23.2 Å². The molecule has 2 aromatic carbocycles. The molecule has 4 rings (SSSR count). The molecule has 1 fully saturated rings. The molecule has 2 heterocycles. The standard InChI is InChI=1S/C22H21Cl2N3O3/c1-25-9-11-26(12-10-25)20-19(14-3-5-15(23)6-4-14)21(28)27(22(20)29)16-7-8-18(30-2)17(24)13-16/h3-8,13H,9-12H2,1-2H3. The van der Waals surface area contributed by atoms with Crippen LogP contribution in [-0.4, -0.2) is 62.0 Å². The molecule has 156 valence electrons. The average Bonchev–Trinajstić information content (AvgIpc) is 2.99. The van der Waals surface area contributed by atoms with Gasteiger partial charge in [-0.2, -0.15) is 0 Å². The summed E-state index contributed by atoms with van der Waals surface area (Å²) in [5.41, 5.74) is 1.87. The van der Waals surface area contributed by atoms with Crippen molar-refractivity contribution in [2.45, 2.75) is 0 Å². The van der Waals surface area contributed by atoms with E-state index in [-0.39, 0.29) is 11.8 Å². The molecule has 2 aliphatic heterocycles. The Morgan fingerprint density at radius 3 is 2.17 bits per heavy atom. The van der Waals surface area contributed by atoms with Crippen LogP contribution in [0.15, 0.2) is 48.2 Å². The van der Waals surface area contributed by atoms with Gasteiger partial charge in [0.15, 0.2) is 0 Å². The lowest BCUT2D eigenvalue weighted by molar-refractivity contribution is -0.120. The molecule has 0 spiro atoms. The van der Waals surface area contributed by atoms with E-state index < -0.39 is 0 Å². The number of carbonyl (C=O) groups excluding carboxylic acids is 2. The van der Waals surface area contributed by atoms with E-state index in [0.717, 1.165) is 13.1 Å². The first kappa shape index (κ1) is 20.7. The van der Waals surface area contributed by atoms with Crippen molar-refractivity contribution in [3.63, 3.8) is 0 Å². The Bertz CT molecular complexity index is 1030. The maximum Gasteiger partial charge on any atom is 0.282 e. The fourth-order valence-electron chi connectivity index (χ4n) is 3.75. The number of imide groups is 1. The molecule has 0 N–H and O–H groups in total. The van der Waals surface area contributed by atoms with Crippen molar-refractivity contribution in [3.05, 3.63) is 63.8 Å². The Hall–Kier alpha value is -2.54.